The van der Waals surface area contributed by atoms with Crippen LogP contribution >= 0.6 is 0 Å². The Labute approximate surface area is 124 Å². The van der Waals surface area contributed by atoms with Crippen LogP contribution < -0.4 is 9.80 Å². The van der Waals surface area contributed by atoms with Crippen LogP contribution in [-0.2, 0) is 0 Å². The highest BCUT2D eigenvalue weighted by atomic mass is 16.3. The van der Waals surface area contributed by atoms with Crippen LogP contribution in [-0.4, -0.2) is 31.2 Å². The molecule has 1 heterocycles. The number of nitrogens with zero attached hydrogens (tertiary/aromatic N) is 2. The normalized spacial score (nSPS) is 14.0. The third kappa shape index (κ3) is 2.33. The maximum absolute atomic E-state index is 12.7. The number of aromatic hydroxyl groups is 1. The van der Waals surface area contributed by atoms with Crippen LogP contribution in [0.3, 0.4) is 0 Å². The van der Waals surface area contributed by atoms with Crippen LogP contribution in [0.2, 0.25) is 0 Å². The fourth-order valence-electron chi connectivity index (χ4n) is 2.68. The van der Waals surface area contributed by atoms with E-state index in [1.165, 1.54) is 0 Å². The van der Waals surface area contributed by atoms with E-state index >= 15 is 0 Å². The molecule has 0 radical (unpaired) electrons. The number of hydrogen-bond acceptors (Lipinski definition) is 3. The summed E-state index contributed by atoms with van der Waals surface area (Å²) in [5, 5.41) is 10.0. The summed E-state index contributed by atoms with van der Waals surface area (Å²) in [6.45, 7) is 3.27. The number of amides is 1. The average molecular weight is 282 g/mol. The van der Waals surface area contributed by atoms with Crippen molar-refractivity contribution in [2.24, 2.45) is 0 Å². The molecule has 0 saturated heterocycles. The lowest BCUT2D eigenvalue weighted by Crippen LogP contribution is -2.42. The standard InChI is InChI=1S/C17H18N2O2/c1-12-7-8-13(16(20)11-12)17(21)19-10-9-18(2)14-5-3-4-6-15(14)19/h3-8,11,20H,9-10H2,1-2H3. The van der Waals surface area contributed by atoms with Crippen molar-refractivity contribution in [3.05, 3.63) is 53.6 Å². The molecule has 0 atom stereocenters. The molecule has 3 rings (SSSR count). The van der Waals surface area contributed by atoms with Gasteiger partial charge in [-0.3, -0.25) is 4.79 Å². The van der Waals surface area contributed by atoms with Gasteiger partial charge in [-0.05, 0) is 36.8 Å². The van der Waals surface area contributed by atoms with Crippen LogP contribution in [0.4, 0.5) is 11.4 Å². The number of fused-ring (bicyclic) bond motifs is 1. The summed E-state index contributed by atoms with van der Waals surface area (Å²) in [5.41, 5.74) is 3.20. The minimum absolute atomic E-state index is 0.0383. The number of aryl methyl sites for hydroxylation is 1. The molecule has 1 aliphatic heterocycles. The quantitative estimate of drug-likeness (QED) is 0.874. The van der Waals surface area contributed by atoms with Crippen LogP contribution in [0.25, 0.3) is 0 Å². The molecule has 0 aliphatic carbocycles. The lowest BCUT2D eigenvalue weighted by molar-refractivity contribution is 0.0984. The molecule has 0 fully saturated rings. The van der Waals surface area contributed by atoms with Crippen molar-refractivity contribution < 1.29 is 9.90 Å². The van der Waals surface area contributed by atoms with E-state index < -0.39 is 0 Å². The highest BCUT2D eigenvalue weighted by molar-refractivity contribution is 6.09. The van der Waals surface area contributed by atoms with Gasteiger partial charge in [-0.25, -0.2) is 0 Å². The second kappa shape index (κ2) is 5.13. The Morgan fingerprint density at radius 3 is 2.52 bits per heavy atom. The highest BCUT2D eigenvalue weighted by Gasteiger charge is 2.26. The predicted octanol–water partition coefficient (Wildman–Crippen LogP) is 2.80. The maximum atomic E-state index is 12.7. The summed E-state index contributed by atoms with van der Waals surface area (Å²) in [4.78, 5) is 16.6. The fraction of sp³-hybridized carbons (Fsp3) is 0.235. The molecular weight excluding hydrogens is 264 g/mol. The summed E-state index contributed by atoms with van der Waals surface area (Å²) in [5.74, 6) is -0.121. The number of rotatable bonds is 1. The third-order valence-electron chi connectivity index (χ3n) is 3.87. The molecular formula is C17H18N2O2. The molecule has 1 aliphatic rings. The molecule has 108 valence electrons. The fourth-order valence-corrected chi connectivity index (χ4v) is 2.68. The van der Waals surface area contributed by atoms with Crippen molar-refractivity contribution in [2.45, 2.75) is 6.92 Å². The molecule has 21 heavy (non-hydrogen) atoms. The van der Waals surface area contributed by atoms with E-state index in [0.29, 0.717) is 12.1 Å². The summed E-state index contributed by atoms with van der Waals surface area (Å²) >= 11 is 0. The molecule has 2 aromatic rings. The van der Waals surface area contributed by atoms with Crippen LogP contribution in [0, 0.1) is 6.92 Å². The summed E-state index contributed by atoms with van der Waals surface area (Å²) in [6, 6.07) is 13.0. The number of para-hydroxylation sites is 2. The van der Waals surface area contributed by atoms with Gasteiger partial charge in [-0.1, -0.05) is 18.2 Å². The lowest BCUT2D eigenvalue weighted by Gasteiger charge is -2.35. The van der Waals surface area contributed by atoms with Gasteiger partial charge in [-0.15, -0.1) is 0 Å². The second-order valence-corrected chi connectivity index (χ2v) is 5.39. The number of benzene rings is 2. The molecule has 0 saturated carbocycles. The molecule has 0 bridgehead atoms. The van der Waals surface area contributed by atoms with E-state index in [9.17, 15) is 9.90 Å². The monoisotopic (exact) mass is 282 g/mol. The number of anilines is 2. The van der Waals surface area contributed by atoms with E-state index in [-0.39, 0.29) is 11.7 Å². The van der Waals surface area contributed by atoms with Gasteiger partial charge in [0.1, 0.15) is 5.75 Å². The number of phenols is 1. The maximum Gasteiger partial charge on any atom is 0.262 e. The Balaban J connectivity index is 2.01. The minimum Gasteiger partial charge on any atom is -0.507 e. The average Bonchev–Trinajstić information content (AvgIpc) is 2.47. The Bertz CT molecular complexity index is 697. The van der Waals surface area contributed by atoms with Gasteiger partial charge < -0.3 is 14.9 Å². The van der Waals surface area contributed by atoms with Crippen molar-refractivity contribution in [2.75, 3.05) is 29.9 Å². The molecule has 0 unspecified atom stereocenters. The first kappa shape index (κ1) is 13.5. The molecule has 0 spiro atoms. The van der Waals surface area contributed by atoms with Crippen LogP contribution in [0.1, 0.15) is 15.9 Å². The van der Waals surface area contributed by atoms with Crippen molar-refractivity contribution in [1.29, 1.82) is 0 Å². The Kier molecular flexibility index (Phi) is 3.29. The Hall–Kier alpha value is -2.49. The van der Waals surface area contributed by atoms with Crippen molar-refractivity contribution in [1.82, 2.24) is 0 Å². The van der Waals surface area contributed by atoms with Gasteiger partial charge in [0, 0.05) is 20.1 Å². The van der Waals surface area contributed by atoms with Gasteiger partial charge in [0.2, 0.25) is 0 Å². The lowest BCUT2D eigenvalue weighted by atomic mass is 10.1. The van der Waals surface area contributed by atoms with Crippen molar-refractivity contribution >= 4 is 17.3 Å². The molecule has 4 nitrogen and oxygen atoms in total. The predicted molar refractivity (Wildman–Crippen MR) is 84.2 cm³/mol. The second-order valence-electron chi connectivity index (χ2n) is 5.39. The zero-order chi connectivity index (χ0) is 15.0. The molecule has 4 heteroatoms. The molecule has 1 amide bonds. The number of phenolic OH excluding ortho intramolecular Hbond substituents is 1. The number of carbonyl (C=O) groups is 1. The van der Waals surface area contributed by atoms with E-state index in [4.69, 9.17) is 0 Å². The largest absolute Gasteiger partial charge is 0.507 e. The summed E-state index contributed by atoms with van der Waals surface area (Å²) in [7, 11) is 2.02. The van der Waals surface area contributed by atoms with Gasteiger partial charge in [0.25, 0.3) is 5.91 Å². The molecule has 2 aromatic carbocycles. The molecule has 1 N–H and O–H groups in total. The first-order valence-corrected chi connectivity index (χ1v) is 6.99. The summed E-state index contributed by atoms with van der Waals surface area (Å²) < 4.78 is 0. The number of hydrogen-bond donors (Lipinski definition) is 1. The minimum atomic E-state index is -0.159. The van der Waals surface area contributed by atoms with E-state index in [2.05, 4.69) is 4.90 Å². The SMILES string of the molecule is Cc1ccc(C(=O)N2CCN(C)c3ccccc32)c(O)c1. The van der Waals surface area contributed by atoms with Crippen molar-refractivity contribution in [3.63, 3.8) is 0 Å². The molecule has 0 aromatic heterocycles. The van der Waals surface area contributed by atoms with Gasteiger partial charge >= 0.3 is 0 Å². The first-order chi connectivity index (χ1) is 10.1. The van der Waals surface area contributed by atoms with E-state index in [0.717, 1.165) is 23.5 Å². The zero-order valence-electron chi connectivity index (χ0n) is 12.2. The number of carbonyl (C=O) groups excluding carboxylic acids is 1. The third-order valence-corrected chi connectivity index (χ3v) is 3.87. The highest BCUT2D eigenvalue weighted by Crippen LogP contribution is 2.33. The van der Waals surface area contributed by atoms with Gasteiger partial charge in [0.15, 0.2) is 0 Å². The topological polar surface area (TPSA) is 43.8 Å². The van der Waals surface area contributed by atoms with Gasteiger partial charge in [-0.2, -0.15) is 0 Å². The zero-order valence-corrected chi connectivity index (χ0v) is 12.2. The Morgan fingerprint density at radius 2 is 1.81 bits per heavy atom. The first-order valence-electron chi connectivity index (χ1n) is 6.99. The summed E-state index contributed by atoms with van der Waals surface area (Å²) in [6.07, 6.45) is 0. The Morgan fingerprint density at radius 1 is 1.10 bits per heavy atom. The van der Waals surface area contributed by atoms with Crippen molar-refractivity contribution in [3.8, 4) is 5.75 Å². The van der Waals surface area contributed by atoms with Crippen LogP contribution in [0.15, 0.2) is 42.5 Å². The number of likely N-dealkylation sites (N-methyl/N-ethyl adjacent to an activating group) is 1. The smallest absolute Gasteiger partial charge is 0.262 e. The van der Waals surface area contributed by atoms with E-state index in [1.54, 1.807) is 17.0 Å². The van der Waals surface area contributed by atoms with Crippen LogP contribution in [0.5, 0.6) is 5.75 Å². The van der Waals surface area contributed by atoms with E-state index in [1.807, 2.05) is 44.3 Å². The van der Waals surface area contributed by atoms with Gasteiger partial charge in [0.05, 0.1) is 16.9 Å².